The molecule has 4 aromatic rings. The zero-order chi connectivity index (χ0) is 28.4. The summed E-state index contributed by atoms with van der Waals surface area (Å²) in [6.45, 7) is 8.88. The Morgan fingerprint density at radius 3 is 1.88 bits per heavy atom. The van der Waals surface area contributed by atoms with Crippen LogP contribution in [0.2, 0.25) is 0 Å². The number of azo groups is 2. The van der Waals surface area contributed by atoms with Gasteiger partial charge in [-0.2, -0.15) is 10.2 Å². The van der Waals surface area contributed by atoms with E-state index in [1.165, 1.54) is 0 Å². The molecule has 0 radical (unpaired) electrons. The van der Waals surface area contributed by atoms with E-state index >= 15 is 0 Å². The van der Waals surface area contributed by atoms with Crippen molar-refractivity contribution in [3.05, 3.63) is 103 Å². The van der Waals surface area contributed by atoms with Gasteiger partial charge in [0.15, 0.2) is 0 Å². The number of aryl methyl sites for hydroxylation is 1. The zero-order valence-corrected chi connectivity index (χ0v) is 23.2. The highest BCUT2D eigenvalue weighted by Gasteiger charge is 2.06. The summed E-state index contributed by atoms with van der Waals surface area (Å²) in [4.78, 5) is 10.1. The first-order valence-electron chi connectivity index (χ1n) is 13.4. The molecule has 4 aromatic carbocycles. The highest BCUT2D eigenvalue weighted by Crippen LogP contribution is 2.35. The third-order valence-corrected chi connectivity index (χ3v) is 5.83. The summed E-state index contributed by atoms with van der Waals surface area (Å²) in [6.07, 6.45) is 5.64. The highest BCUT2D eigenvalue weighted by atomic mass is 16.5. The van der Waals surface area contributed by atoms with Crippen LogP contribution < -0.4 is 4.74 Å². The molecule has 0 fully saturated rings. The molecule has 0 saturated carbocycles. The van der Waals surface area contributed by atoms with Gasteiger partial charge in [0.1, 0.15) is 5.75 Å². The average Bonchev–Trinajstić information content (AvgIpc) is 2.98. The Morgan fingerprint density at radius 1 is 0.700 bits per heavy atom. The Morgan fingerprint density at radius 2 is 1.25 bits per heavy atom. The molecule has 0 aromatic heterocycles. The van der Waals surface area contributed by atoms with Gasteiger partial charge in [0.05, 0.1) is 36.0 Å². The first-order chi connectivity index (χ1) is 19.7. The van der Waals surface area contributed by atoms with Crippen LogP contribution in [0.1, 0.15) is 38.2 Å². The van der Waals surface area contributed by atoms with Crippen molar-refractivity contribution in [2.24, 2.45) is 20.5 Å². The number of benzene rings is 4. The van der Waals surface area contributed by atoms with Crippen molar-refractivity contribution in [1.29, 1.82) is 0 Å². The maximum atomic E-state index is 10.1. The maximum absolute atomic E-state index is 10.1. The second-order valence-electron chi connectivity index (χ2n) is 8.97. The first kappa shape index (κ1) is 29.9. The summed E-state index contributed by atoms with van der Waals surface area (Å²) >= 11 is 0. The summed E-state index contributed by atoms with van der Waals surface area (Å²) in [7, 11) is 0. The molecule has 7 heteroatoms. The predicted molar refractivity (Wildman–Crippen MR) is 162 cm³/mol. The predicted octanol–water partition coefficient (Wildman–Crippen LogP) is 10.3. The lowest BCUT2D eigenvalue weighted by Crippen LogP contribution is -1.98. The van der Waals surface area contributed by atoms with Crippen LogP contribution in [0.25, 0.3) is 10.8 Å². The number of carbonyl (C=O) groups is 1. The third-order valence-electron chi connectivity index (χ3n) is 5.83. The topological polar surface area (TPSA) is 85.0 Å². The summed E-state index contributed by atoms with van der Waals surface area (Å²) in [5.41, 5.74) is 4.14. The third kappa shape index (κ3) is 9.58. The molecule has 7 nitrogen and oxygen atoms in total. The van der Waals surface area contributed by atoms with Crippen LogP contribution >= 0.6 is 0 Å². The Kier molecular flexibility index (Phi) is 12.7. The van der Waals surface area contributed by atoms with Crippen molar-refractivity contribution < 1.29 is 14.3 Å². The van der Waals surface area contributed by atoms with Crippen LogP contribution in [0.4, 0.5) is 22.7 Å². The number of hydrogen-bond donors (Lipinski definition) is 0. The fourth-order valence-electron chi connectivity index (χ4n) is 3.86. The van der Waals surface area contributed by atoms with Gasteiger partial charge < -0.3 is 9.47 Å². The van der Waals surface area contributed by atoms with E-state index in [1.807, 2.05) is 98.8 Å². The smallest absolute Gasteiger partial charge is 0.293 e. The highest BCUT2D eigenvalue weighted by molar-refractivity contribution is 5.99. The number of nitrogens with zero attached hydrogens (tertiary/aromatic N) is 4. The Balaban J connectivity index is 0.00000141. The molecule has 0 aliphatic rings. The summed E-state index contributed by atoms with van der Waals surface area (Å²) in [5.74, 6) is 0.819. The number of carbonyl (C=O) groups excluding carboxylic acids is 1. The van der Waals surface area contributed by atoms with Crippen molar-refractivity contribution in [2.75, 3.05) is 13.2 Å². The number of rotatable bonds is 13. The summed E-state index contributed by atoms with van der Waals surface area (Å²) in [5, 5.41) is 19.8. The van der Waals surface area contributed by atoms with E-state index in [1.54, 1.807) is 6.08 Å². The van der Waals surface area contributed by atoms with Gasteiger partial charge >= 0.3 is 0 Å². The van der Waals surface area contributed by atoms with Gasteiger partial charge in [0, 0.05) is 10.8 Å². The molecule has 4 rings (SSSR count). The number of fused-ring (bicyclic) bond motifs is 1. The number of unbranched alkanes of at least 4 members (excludes halogenated alkanes) is 3. The Hall–Kier alpha value is -4.65. The van der Waals surface area contributed by atoms with Crippen molar-refractivity contribution in [3.8, 4) is 5.75 Å². The van der Waals surface area contributed by atoms with Gasteiger partial charge in [-0.25, -0.2) is 0 Å². The van der Waals surface area contributed by atoms with E-state index in [0.717, 1.165) is 70.5 Å². The Bertz CT molecular complexity index is 1420. The van der Waals surface area contributed by atoms with E-state index in [4.69, 9.17) is 9.47 Å². The lowest BCUT2D eigenvalue weighted by molar-refractivity contribution is -0.128. The Labute approximate surface area is 236 Å². The molecule has 0 N–H and O–H groups in total. The van der Waals surface area contributed by atoms with Crippen molar-refractivity contribution >= 4 is 40.0 Å². The minimum Gasteiger partial charge on any atom is -0.494 e. The van der Waals surface area contributed by atoms with Crippen LogP contribution in [0.5, 0.6) is 5.75 Å². The molecule has 206 valence electrons. The lowest BCUT2D eigenvalue weighted by atomic mass is 10.1. The van der Waals surface area contributed by atoms with Crippen molar-refractivity contribution in [2.45, 2.75) is 39.5 Å². The SMILES string of the molecule is C=CC.Cc1cc(OCCCCCCOC=O)ccc1N=Nc1ccc(N=Nc2ccccc2)c2ccccc12. The monoisotopic (exact) mass is 536 g/mol. The molecule has 40 heavy (non-hydrogen) atoms. The van der Waals surface area contributed by atoms with Crippen molar-refractivity contribution in [1.82, 2.24) is 0 Å². The molecule has 0 saturated heterocycles. The molecule has 0 aliphatic heterocycles. The van der Waals surface area contributed by atoms with Crippen LogP contribution in [0, 0.1) is 6.92 Å². The quantitative estimate of drug-likeness (QED) is 0.0737. The van der Waals surface area contributed by atoms with E-state index in [9.17, 15) is 4.79 Å². The molecule has 0 amide bonds. The molecular formula is C33H36N4O3. The zero-order valence-electron chi connectivity index (χ0n) is 23.2. The van der Waals surface area contributed by atoms with Crippen LogP contribution in [-0.2, 0) is 9.53 Å². The van der Waals surface area contributed by atoms with Gasteiger partial charge in [0.2, 0.25) is 0 Å². The standard InChI is InChI=1S/C30H30N4O3.C3H6/c1-23-21-25(37-20-10-3-2-9-19-36-22-35)15-16-28(23)32-34-30-18-17-29(26-13-7-8-14-27(26)30)33-31-24-11-5-4-6-12-24;1-3-2/h4-8,11-18,21-22H,2-3,9-10,19-20H2,1H3;3H,1H2,2H3. The minimum atomic E-state index is 0.485. The first-order valence-corrected chi connectivity index (χ1v) is 13.4. The minimum absolute atomic E-state index is 0.485. The normalized spacial score (nSPS) is 10.8. The fraction of sp³-hybridized carbons (Fsp3) is 0.242. The number of allylic oxidation sites excluding steroid dienone is 1. The molecule has 0 bridgehead atoms. The lowest BCUT2D eigenvalue weighted by Gasteiger charge is -2.08. The van der Waals surface area contributed by atoms with Crippen molar-refractivity contribution in [3.63, 3.8) is 0 Å². The van der Waals surface area contributed by atoms with E-state index in [-0.39, 0.29) is 0 Å². The molecule has 0 unspecified atom stereocenters. The second kappa shape index (κ2) is 17.0. The van der Waals surface area contributed by atoms with Crippen LogP contribution in [0.15, 0.2) is 118 Å². The number of ether oxygens (including phenoxy) is 2. The molecule has 0 atom stereocenters. The average molecular weight is 537 g/mol. The molecular weight excluding hydrogens is 500 g/mol. The molecule has 0 spiro atoms. The van der Waals surface area contributed by atoms with E-state index in [2.05, 4.69) is 27.0 Å². The van der Waals surface area contributed by atoms with Gasteiger partial charge in [0.25, 0.3) is 6.47 Å². The van der Waals surface area contributed by atoms with Gasteiger partial charge in [-0.15, -0.1) is 16.8 Å². The number of hydrogen-bond acceptors (Lipinski definition) is 7. The summed E-state index contributed by atoms with van der Waals surface area (Å²) in [6, 6.07) is 27.3. The fourth-order valence-corrected chi connectivity index (χ4v) is 3.86. The maximum Gasteiger partial charge on any atom is 0.293 e. The molecule has 0 heterocycles. The van der Waals surface area contributed by atoms with Crippen LogP contribution in [0.3, 0.4) is 0 Å². The molecule has 0 aliphatic carbocycles. The summed E-state index contributed by atoms with van der Waals surface area (Å²) < 4.78 is 10.6. The second-order valence-corrected chi connectivity index (χ2v) is 8.97. The van der Waals surface area contributed by atoms with Gasteiger partial charge in [-0.3, -0.25) is 4.79 Å². The largest absolute Gasteiger partial charge is 0.494 e. The van der Waals surface area contributed by atoms with E-state index in [0.29, 0.717) is 19.7 Å². The van der Waals surface area contributed by atoms with E-state index < -0.39 is 0 Å². The van der Waals surface area contributed by atoms with Crippen LogP contribution in [-0.4, -0.2) is 19.7 Å². The van der Waals surface area contributed by atoms with Gasteiger partial charge in [-0.05, 0) is 87.6 Å². The van der Waals surface area contributed by atoms with Gasteiger partial charge in [-0.1, -0.05) is 48.5 Å².